The Bertz CT molecular complexity index is 1760. The van der Waals surface area contributed by atoms with Gasteiger partial charge in [0.1, 0.15) is 17.8 Å². The molecule has 0 aromatic heterocycles. The zero-order valence-corrected chi connectivity index (χ0v) is 28.5. The number of carbonyl (C=O) groups is 4. The Morgan fingerprint density at radius 1 is 1.06 bits per heavy atom. The molecule has 2 aromatic carbocycles. The molecule has 2 saturated carbocycles. The van der Waals surface area contributed by atoms with Crippen LogP contribution in [0.2, 0.25) is 0 Å². The van der Waals surface area contributed by atoms with Crippen molar-refractivity contribution in [2.45, 2.75) is 84.7 Å². The molecule has 2 unspecified atom stereocenters. The Kier molecular flexibility index (Phi) is 8.28. The van der Waals surface area contributed by atoms with Crippen LogP contribution in [-0.4, -0.2) is 68.5 Å². The smallest absolute Gasteiger partial charge is 0.319 e. The highest BCUT2D eigenvalue weighted by atomic mass is 16.7. The van der Waals surface area contributed by atoms with Crippen molar-refractivity contribution < 1.29 is 49.1 Å². The molecule has 0 radical (unpaired) electrons. The van der Waals surface area contributed by atoms with Gasteiger partial charge in [-0.3, -0.25) is 14.4 Å². The van der Waals surface area contributed by atoms with E-state index in [4.69, 9.17) is 15.2 Å². The van der Waals surface area contributed by atoms with Gasteiger partial charge in [0.25, 0.3) is 0 Å². The normalized spacial score (nSPS) is 33.2. The molecule has 13 nitrogen and oxygen atoms in total. The maximum Gasteiger partial charge on any atom is 0.319 e. The Hall–Kier alpha value is -4.20. The second kappa shape index (κ2) is 11.7. The fourth-order valence-corrected chi connectivity index (χ4v) is 9.66. The van der Waals surface area contributed by atoms with Crippen LogP contribution in [0.1, 0.15) is 80.9 Å². The summed E-state index contributed by atoms with van der Waals surface area (Å²) in [5.41, 5.74) is 2.54. The fraction of sp³-hybridized carbons (Fsp3) is 0.556. The van der Waals surface area contributed by atoms with Gasteiger partial charge in [-0.15, -0.1) is 0 Å². The number of urea groups is 1. The fourth-order valence-electron chi connectivity index (χ4n) is 9.66. The van der Waals surface area contributed by atoms with Crippen molar-refractivity contribution in [2.75, 3.05) is 12.1 Å². The summed E-state index contributed by atoms with van der Waals surface area (Å²) < 4.78 is 10.7. The molecular weight excluding hydrogens is 634 g/mol. The molecule has 0 spiro atoms. The predicted octanol–water partition coefficient (Wildman–Crippen LogP) is 2.75. The Morgan fingerprint density at radius 2 is 1.73 bits per heavy atom. The maximum absolute atomic E-state index is 14.6. The molecule has 3 aliphatic carbocycles. The SMILES string of the molecule is CC(C)c1cc(CNC(=O)Nc2ccc3c(c2)OCO3)c(O)c2c1C[C@]1(C)C[C@]3(C)[C@@H](C(C)C)C(O)[C@@H](C(N)=O)C(=O)[C@]3(O)C(O)[C@H]1C2=O. The van der Waals surface area contributed by atoms with E-state index in [1.807, 2.05) is 20.8 Å². The number of amides is 3. The third kappa shape index (κ3) is 4.99. The molecule has 49 heavy (non-hydrogen) atoms. The van der Waals surface area contributed by atoms with Crippen LogP contribution in [0.3, 0.4) is 0 Å². The highest BCUT2D eigenvalue weighted by molar-refractivity contribution is 6.09. The van der Waals surface area contributed by atoms with Gasteiger partial charge in [0.05, 0.1) is 17.6 Å². The maximum atomic E-state index is 14.6. The summed E-state index contributed by atoms with van der Waals surface area (Å²) in [5, 5.41) is 52.8. The minimum Gasteiger partial charge on any atom is -0.507 e. The van der Waals surface area contributed by atoms with Crippen LogP contribution < -0.4 is 25.8 Å². The van der Waals surface area contributed by atoms with E-state index in [0.717, 1.165) is 5.56 Å². The highest BCUT2D eigenvalue weighted by Gasteiger charge is 2.76. The highest BCUT2D eigenvalue weighted by Crippen LogP contribution is 2.66. The number of primary amides is 1. The van der Waals surface area contributed by atoms with Crippen molar-refractivity contribution in [3.05, 3.63) is 46.5 Å². The number of anilines is 1. The van der Waals surface area contributed by atoms with Gasteiger partial charge in [0.2, 0.25) is 12.7 Å². The van der Waals surface area contributed by atoms with Crippen LogP contribution in [0, 0.1) is 34.5 Å². The lowest BCUT2D eigenvalue weighted by Gasteiger charge is -2.66. The van der Waals surface area contributed by atoms with E-state index in [1.165, 1.54) is 0 Å². The molecule has 6 rings (SSSR count). The van der Waals surface area contributed by atoms with Crippen molar-refractivity contribution in [2.24, 2.45) is 40.2 Å². The van der Waals surface area contributed by atoms with Gasteiger partial charge in [-0.25, -0.2) is 4.79 Å². The van der Waals surface area contributed by atoms with E-state index < -0.39 is 69.9 Å². The quantitative estimate of drug-likeness (QED) is 0.222. The summed E-state index contributed by atoms with van der Waals surface area (Å²) in [6, 6.07) is 6.12. The van der Waals surface area contributed by atoms with Gasteiger partial charge in [-0.05, 0) is 65.3 Å². The molecule has 2 aromatic rings. The number of nitrogens with one attached hydrogen (secondary N) is 2. The average molecular weight is 680 g/mol. The first kappa shape index (κ1) is 34.7. The number of ketones is 2. The van der Waals surface area contributed by atoms with E-state index in [2.05, 4.69) is 10.6 Å². The van der Waals surface area contributed by atoms with Crippen molar-refractivity contribution in [1.29, 1.82) is 0 Å². The number of nitrogens with two attached hydrogens (primary N) is 1. The van der Waals surface area contributed by atoms with E-state index in [0.29, 0.717) is 22.7 Å². The number of phenols is 1. The standard InChI is InChI=1S/C36H45N3O10/c1-15(2)19-9-17(12-38-33(46)39-18-7-8-21-22(10-18)49-14-48-21)27(40)23-20(19)11-34(5)13-35(6)25(16(3)4)29(42)24(32(37)45)30(43)36(35,47)31(44)26(34)28(23)41/h7-10,15-16,24-26,29,31,40,42,44,47H,11-14H2,1-6H3,(H2,37,45)(H2,38,39,46)/t24-,25+,26-,29?,31?,34-,35-,36+/m1/s1. The van der Waals surface area contributed by atoms with Crippen molar-refractivity contribution in [3.8, 4) is 17.2 Å². The number of aliphatic hydroxyl groups is 3. The summed E-state index contributed by atoms with van der Waals surface area (Å²) in [5.74, 6) is -6.62. The number of hydrogen-bond donors (Lipinski definition) is 7. The summed E-state index contributed by atoms with van der Waals surface area (Å²) in [4.78, 5) is 53.9. The molecular formula is C36H45N3O10. The Balaban J connectivity index is 1.37. The Labute approximate surface area is 284 Å². The minimum atomic E-state index is -2.60. The molecule has 8 atom stereocenters. The van der Waals surface area contributed by atoms with Crippen LogP contribution in [-0.2, 0) is 22.6 Å². The molecule has 264 valence electrons. The largest absolute Gasteiger partial charge is 0.507 e. The molecule has 4 aliphatic rings. The molecule has 1 aliphatic heterocycles. The lowest BCUT2D eigenvalue weighted by molar-refractivity contribution is -0.265. The summed E-state index contributed by atoms with van der Waals surface area (Å²) in [6.45, 7) is 10.9. The lowest BCUT2D eigenvalue weighted by atomic mass is 9.39. The number of rotatable bonds is 6. The average Bonchev–Trinajstić information content (AvgIpc) is 3.46. The number of phenolic OH excluding ortho intramolecular Hbond substituents is 1. The third-order valence-electron chi connectivity index (χ3n) is 11.6. The molecule has 0 bridgehead atoms. The number of ether oxygens (including phenoxy) is 2. The van der Waals surface area contributed by atoms with Crippen LogP contribution in [0.4, 0.5) is 10.5 Å². The second-order valence-corrected chi connectivity index (χ2v) is 15.3. The minimum absolute atomic E-state index is 0.0388. The lowest BCUT2D eigenvalue weighted by Crippen LogP contribution is -2.79. The summed E-state index contributed by atoms with van der Waals surface area (Å²) in [7, 11) is 0. The van der Waals surface area contributed by atoms with Gasteiger partial charge in [0, 0.05) is 29.3 Å². The van der Waals surface area contributed by atoms with Crippen molar-refractivity contribution >= 4 is 29.2 Å². The first-order valence-corrected chi connectivity index (χ1v) is 16.7. The second-order valence-electron chi connectivity index (χ2n) is 15.3. The predicted molar refractivity (Wildman–Crippen MR) is 176 cm³/mol. The van der Waals surface area contributed by atoms with Crippen LogP contribution in [0.25, 0.3) is 0 Å². The van der Waals surface area contributed by atoms with E-state index in [1.54, 1.807) is 45.0 Å². The first-order chi connectivity index (χ1) is 22.9. The van der Waals surface area contributed by atoms with Gasteiger partial charge < -0.3 is 46.3 Å². The summed E-state index contributed by atoms with van der Waals surface area (Å²) in [6.07, 6.45) is -3.20. The number of aromatic hydroxyl groups is 1. The molecule has 0 saturated heterocycles. The Morgan fingerprint density at radius 3 is 2.37 bits per heavy atom. The third-order valence-corrected chi connectivity index (χ3v) is 11.6. The topological polar surface area (TPSA) is 218 Å². The number of Topliss-reactive ketones (excluding diaryl/α,β-unsaturated/α-hetero) is 2. The van der Waals surface area contributed by atoms with E-state index in [9.17, 15) is 39.6 Å². The van der Waals surface area contributed by atoms with Crippen LogP contribution >= 0.6 is 0 Å². The molecule has 2 fully saturated rings. The first-order valence-electron chi connectivity index (χ1n) is 16.7. The molecule has 1 heterocycles. The zero-order chi connectivity index (χ0) is 36.0. The van der Waals surface area contributed by atoms with Crippen LogP contribution in [0.5, 0.6) is 17.2 Å². The number of carbonyl (C=O) groups excluding carboxylic acids is 4. The van der Waals surface area contributed by atoms with Crippen LogP contribution in [0.15, 0.2) is 24.3 Å². The summed E-state index contributed by atoms with van der Waals surface area (Å²) >= 11 is 0. The number of fused-ring (bicyclic) bond motifs is 4. The van der Waals surface area contributed by atoms with Crippen molar-refractivity contribution in [1.82, 2.24) is 5.32 Å². The van der Waals surface area contributed by atoms with Gasteiger partial charge in [0.15, 0.2) is 28.7 Å². The zero-order valence-electron chi connectivity index (χ0n) is 28.5. The molecule has 8 N–H and O–H groups in total. The van der Waals surface area contributed by atoms with Gasteiger partial charge in [-0.2, -0.15) is 0 Å². The number of aliphatic hydroxyl groups excluding tert-OH is 2. The molecule has 13 heteroatoms. The van der Waals surface area contributed by atoms with Gasteiger partial charge in [-0.1, -0.05) is 41.5 Å². The van der Waals surface area contributed by atoms with E-state index >= 15 is 0 Å². The molecule has 3 amide bonds. The monoisotopic (exact) mass is 679 g/mol. The number of benzene rings is 2. The number of hydrogen-bond acceptors (Lipinski definition) is 10. The van der Waals surface area contributed by atoms with E-state index in [-0.39, 0.29) is 54.9 Å². The van der Waals surface area contributed by atoms with Crippen molar-refractivity contribution in [3.63, 3.8) is 0 Å². The van der Waals surface area contributed by atoms with Gasteiger partial charge >= 0.3 is 6.03 Å².